The largest absolute Gasteiger partial charge is 0.481 e. The number of aliphatic carboxylic acids is 1. The molecule has 0 aliphatic heterocycles. The lowest BCUT2D eigenvalue weighted by Gasteiger charge is -2.14. The average Bonchev–Trinajstić information content (AvgIpc) is 2.81. The molecule has 7 heteroatoms. The third-order valence-corrected chi connectivity index (χ3v) is 6.04. The van der Waals surface area contributed by atoms with Gasteiger partial charge in [-0.05, 0) is 73.2 Å². The Morgan fingerprint density at radius 2 is 1.91 bits per heavy atom. The summed E-state index contributed by atoms with van der Waals surface area (Å²) in [4.78, 5) is 15.4. The van der Waals surface area contributed by atoms with Gasteiger partial charge in [-0.25, -0.2) is 0 Å². The Morgan fingerprint density at radius 1 is 1.15 bits per heavy atom. The first kappa shape index (κ1) is 24.3. The molecule has 0 fully saturated rings. The molecule has 2 aromatic carbocycles. The topological polar surface area (TPSA) is 94.8 Å². The fourth-order valence-electron chi connectivity index (χ4n) is 3.71. The van der Waals surface area contributed by atoms with Crippen LogP contribution in [0, 0.1) is 19.8 Å². The zero-order valence-corrected chi connectivity index (χ0v) is 19.5. The molecule has 0 amide bonds. The first-order chi connectivity index (χ1) is 15.9. The van der Waals surface area contributed by atoms with Gasteiger partial charge < -0.3 is 15.6 Å². The summed E-state index contributed by atoms with van der Waals surface area (Å²) in [5.74, 6) is -1.49. The summed E-state index contributed by atoms with van der Waals surface area (Å²) in [5, 5.41) is 25.5. The lowest BCUT2D eigenvalue weighted by atomic mass is 9.92. The van der Waals surface area contributed by atoms with Crippen LogP contribution < -0.4 is 5.32 Å². The van der Waals surface area contributed by atoms with Crippen LogP contribution in [0.2, 0.25) is 0 Å². The summed E-state index contributed by atoms with van der Waals surface area (Å²) >= 11 is 5.70. The second-order valence-electron chi connectivity index (χ2n) is 7.98. The quantitative estimate of drug-likeness (QED) is 0.158. The van der Waals surface area contributed by atoms with Crippen LogP contribution in [-0.2, 0) is 11.2 Å². The first-order valence-electron chi connectivity index (χ1n) is 10.8. The second kappa shape index (κ2) is 11.5. The summed E-state index contributed by atoms with van der Waals surface area (Å²) in [6, 6.07) is 17.8. The molecule has 1 atom stereocenters. The van der Waals surface area contributed by atoms with Crippen molar-refractivity contribution in [3.05, 3.63) is 83.2 Å². The molecule has 3 rings (SSSR count). The van der Waals surface area contributed by atoms with E-state index < -0.39 is 11.9 Å². The Labute approximate surface area is 199 Å². The third-order valence-electron chi connectivity index (χ3n) is 5.67. The number of hydrogen-bond donors (Lipinski definition) is 3. The Morgan fingerprint density at radius 3 is 2.55 bits per heavy atom. The predicted molar refractivity (Wildman–Crippen MR) is 133 cm³/mol. The number of carbonyl (C=O) groups is 1. The summed E-state index contributed by atoms with van der Waals surface area (Å²) in [7, 11) is 0. The number of aromatic nitrogens is 1. The molecule has 33 heavy (non-hydrogen) atoms. The van der Waals surface area contributed by atoms with Crippen molar-refractivity contribution < 1.29 is 15.1 Å². The maximum Gasteiger partial charge on any atom is 0.309 e. The van der Waals surface area contributed by atoms with E-state index in [4.69, 9.17) is 16.7 Å². The summed E-state index contributed by atoms with van der Waals surface area (Å²) in [6.45, 7) is 4.27. The Bertz CT molecular complexity index is 1130. The van der Waals surface area contributed by atoms with Gasteiger partial charge in [0.1, 0.15) is 0 Å². The number of aryl methyl sites for hydroxylation is 2. The van der Waals surface area contributed by atoms with Crippen molar-refractivity contribution in [3.8, 4) is 11.1 Å². The number of carboxylic acid groups (broad SMARTS) is 1. The number of alkyl halides is 1. The predicted octanol–water partition coefficient (Wildman–Crippen LogP) is 5.53. The van der Waals surface area contributed by atoms with E-state index in [0.717, 1.165) is 39.2 Å². The number of hydrogen-bond acceptors (Lipinski definition) is 5. The van der Waals surface area contributed by atoms with Crippen LogP contribution in [0.3, 0.4) is 0 Å². The molecule has 0 radical (unpaired) electrons. The monoisotopic (exact) mass is 465 g/mol. The molecule has 172 valence electrons. The Kier molecular flexibility index (Phi) is 8.44. The number of benzene rings is 2. The molecule has 0 saturated heterocycles. The lowest BCUT2D eigenvalue weighted by molar-refractivity contribution is -0.140. The van der Waals surface area contributed by atoms with Gasteiger partial charge in [0, 0.05) is 35.6 Å². The van der Waals surface area contributed by atoms with Gasteiger partial charge in [-0.2, -0.15) is 0 Å². The number of rotatable bonds is 10. The smallest absolute Gasteiger partial charge is 0.309 e. The van der Waals surface area contributed by atoms with Gasteiger partial charge in [0.05, 0.1) is 11.6 Å². The maximum atomic E-state index is 11.1. The Balaban J connectivity index is 1.68. The molecule has 3 aromatic rings. The molecule has 0 bridgehead atoms. The molecule has 0 saturated carbocycles. The molecule has 0 aliphatic carbocycles. The molecule has 1 aromatic heterocycles. The number of nitrogens with zero attached hydrogens (tertiary/aromatic N) is 2. The van der Waals surface area contributed by atoms with Crippen LogP contribution in [0.5, 0.6) is 0 Å². The second-order valence-corrected chi connectivity index (χ2v) is 8.29. The van der Waals surface area contributed by atoms with E-state index in [-0.39, 0.29) is 12.4 Å². The molecule has 3 N–H and O–H groups in total. The Hall–Kier alpha value is -3.38. The fourth-order valence-corrected chi connectivity index (χ4v) is 3.95. The van der Waals surface area contributed by atoms with E-state index in [9.17, 15) is 10.0 Å². The van der Waals surface area contributed by atoms with Crippen LogP contribution in [-0.4, -0.2) is 39.4 Å². The van der Waals surface area contributed by atoms with E-state index in [1.807, 2.05) is 62.4 Å². The first-order valence-corrected chi connectivity index (χ1v) is 11.3. The van der Waals surface area contributed by atoms with Crippen molar-refractivity contribution in [1.29, 1.82) is 0 Å². The summed E-state index contributed by atoms with van der Waals surface area (Å²) in [6.07, 6.45) is 3.08. The highest BCUT2D eigenvalue weighted by atomic mass is 35.5. The van der Waals surface area contributed by atoms with E-state index in [1.165, 1.54) is 0 Å². The highest BCUT2D eigenvalue weighted by molar-refractivity contribution is 6.19. The van der Waals surface area contributed by atoms with Gasteiger partial charge >= 0.3 is 5.97 Å². The van der Waals surface area contributed by atoms with E-state index in [0.29, 0.717) is 18.6 Å². The van der Waals surface area contributed by atoms with E-state index in [1.54, 1.807) is 6.20 Å². The number of nitrogens with one attached hydrogen (secondary N) is 1. The van der Waals surface area contributed by atoms with Crippen molar-refractivity contribution in [1.82, 2.24) is 4.98 Å². The molecular weight excluding hydrogens is 438 g/mol. The van der Waals surface area contributed by atoms with Crippen LogP contribution in [0.1, 0.15) is 28.8 Å². The lowest BCUT2D eigenvalue weighted by Crippen LogP contribution is -2.24. The van der Waals surface area contributed by atoms with Crippen molar-refractivity contribution in [3.63, 3.8) is 0 Å². The van der Waals surface area contributed by atoms with Crippen LogP contribution >= 0.6 is 11.6 Å². The SMILES string of the molecule is Cc1cc(-c2cccc(/C(CCc3ccc(NCC(CCl)C(=O)O)cc3)=N/O)c2C)ccn1. The average molecular weight is 466 g/mol. The van der Waals surface area contributed by atoms with Crippen LogP contribution in [0.25, 0.3) is 11.1 Å². The van der Waals surface area contributed by atoms with Crippen LogP contribution in [0.4, 0.5) is 5.69 Å². The third kappa shape index (κ3) is 6.33. The minimum Gasteiger partial charge on any atom is -0.481 e. The normalized spacial score (nSPS) is 12.4. The highest BCUT2D eigenvalue weighted by Gasteiger charge is 2.16. The number of oxime groups is 1. The minimum absolute atomic E-state index is 0.0606. The van der Waals surface area contributed by atoms with Gasteiger partial charge in [-0.15, -0.1) is 11.6 Å². The van der Waals surface area contributed by atoms with Gasteiger partial charge in [-0.3, -0.25) is 9.78 Å². The maximum absolute atomic E-state index is 11.1. The number of anilines is 1. The summed E-state index contributed by atoms with van der Waals surface area (Å²) < 4.78 is 0. The fraction of sp³-hybridized carbons (Fsp3) is 0.269. The van der Waals surface area contributed by atoms with Crippen molar-refractivity contribution in [2.45, 2.75) is 26.7 Å². The van der Waals surface area contributed by atoms with Gasteiger partial charge in [-0.1, -0.05) is 35.5 Å². The van der Waals surface area contributed by atoms with Crippen molar-refractivity contribution >= 4 is 29.0 Å². The van der Waals surface area contributed by atoms with Crippen LogP contribution in [0.15, 0.2) is 65.9 Å². The van der Waals surface area contributed by atoms with E-state index in [2.05, 4.69) is 21.5 Å². The van der Waals surface area contributed by atoms with E-state index >= 15 is 0 Å². The molecular formula is C26H28ClN3O3. The molecule has 1 heterocycles. The van der Waals surface area contributed by atoms with Crippen molar-refractivity contribution in [2.24, 2.45) is 11.1 Å². The zero-order chi connectivity index (χ0) is 23.8. The zero-order valence-electron chi connectivity index (χ0n) is 18.8. The molecule has 0 aliphatic rings. The molecule has 6 nitrogen and oxygen atoms in total. The number of carboxylic acids is 1. The van der Waals surface area contributed by atoms with Crippen molar-refractivity contribution in [2.75, 3.05) is 17.7 Å². The molecule has 0 spiro atoms. The highest BCUT2D eigenvalue weighted by Crippen LogP contribution is 2.27. The number of halogens is 1. The standard InChI is InChI=1S/C26H28ClN3O3/c1-17-14-20(12-13-28-17)23-4-3-5-24(18(23)2)25(30-33)11-8-19-6-9-22(10-7-19)29-16-21(15-27)26(31)32/h3-7,9-10,12-14,21,29,33H,8,11,15-16H2,1-2H3,(H,31,32)/b30-25+. The molecule has 1 unspecified atom stereocenters. The number of pyridine rings is 1. The summed E-state index contributed by atoms with van der Waals surface area (Å²) in [5.41, 5.74) is 7.66. The van der Waals surface area contributed by atoms with Gasteiger partial charge in [0.15, 0.2) is 0 Å². The van der Waals surface area contributed by atoms with Gasteiger partial charge in [0.25, 0.3) is 0 Å². The minimum atomic E-state index is -0.914. The van der Waals surface area contributed by atoms with Gasteiger partial charge in [0.2, 0.25) is 0 Å².